The lowest BCUT2D eigenvalue weighted by molar-refractivity contribution is -0.119. The molecule has 1 aromatic heterocycles. The molecule has 1 amide bonds. The molecule has 0 aliphatic heterocycles. The first-order valence-corrected chi connectivity index (χ1v) is 10.5. The van der Waals surface area contributed by atoms with Gasteiger partial charge in [0.25, 0.3) is 0 Å². The van der Waals surface area contributed by atoms with Crippen LogP contribution in [0.4, 0.5) is 0 Å². The van der Waals surface area contributed by atoms with Crippen LogP contribution in [0.1, 0.15) is 50.9 Å². The molecule has 140 valence electrons. The molecule has 1 heterocycles. The Morgan fingerprint density at radius 2 is 2.00 bits per heavy atom. The number of benzene rings is 1. The SMILES string of the molecule is CCn1c(Cc2ccccc2)nnc1SCC(=O)N[C@H]1CCCC[C@@H]1C. The third-order valence-electron chi connectivity index (χ3n) is 5.10. The van der Waals surface area contributed by atoms with Gasteiger partial charge in [0, 0.05) is 19.0 Å². The van der Waals surface area contributed by atoms with Crippen molar-refractivity contribution < 1.29 is 4.79 Å². The normalized spacial score (nSPS) is 20.1. The molecule has 0 radical (unpaired) electrons. The number of hydrogen-bond donors (Lipinski definition) is 1. The zero-order valence-corrected chi connectivity index (χ0v) is 16.5. The second-order valence-corrected chi connectivity index (χ2v) is 7.97. The fraction of sp³-hybridized carbons (Fsp3) is 0.550. The molecule has 6 heteroatoms. The van der Waals surface area contributed by atoms with Crippen molar-refractivity contribution in [2.45, 2.75) is 63.7 Å². The molecule has 1 aliphatic carbocycles. The van der Waals surface area contributed by atoms with Gasteiger partial charge in [-0.1, -0.05) is 61.9 Å². The van der Waals surface area contributed by atoms with Crippen LogP contribution in [0.3, 0.4) is 0 Å². The topological polar surface area (TPSA) is 59.8 Å². The number of aromatic nitrogens is 3. The molecule has 0 spiro atoms. The summed E-state index contributed by atoms with van der Waals surface area (Å²) >= 11 is 1.48. The van der Waals surface area contributed by atoms with Crippen LogP contribution in [-0.2, 0) is 17.8 Å². The van der Waals surface area contributed by atoms with Gasteiger partial charge in [-0.15, -0.1) is 10.2 Å². The molecule has 1 aromatic carbocycles. The van der Waals surface area contributed by atoms with E-state index >= 15 is 0 Å². The van der Waals surface area contributed by atoms with Crippen molar-refractivity contribution in [3.63, 3.8) is 0 Å². The molecule has 1 aliphatic rings. The minimum atomic E-state index is 0.101. The summed E-state index contributed by atoms with van der Waals surface area (Å²) in [4.78, 5) is 12.3. The summed E-state index contributed by atoms with van der Waals surface area (Å²) in [6, 6.07) is 10.6. The Morgan fingerprint density at radius 3 is 2.73 bits per heavy atom. The molecule has 2 atom stereocenters. The van der Waals surface area contributed by atoms with Gasteiger partial charge in [-0.3, -0.25) is 4.79 Å². The number of thioether (sulfide) groups is 1. The zero-order chi connectivity index (χ0) is 18.4. The van der Waals surface area contributed by atoms with Crippen molar-refractivity contribution in [2.24, 2.45) is 5.92 Å². The van der Waals surface area contributed by atoms with E-state index in [1.807, 2.05) is 18.2 Å². The second-order valence-electron chi connectivity index (χ2n) is 7.03. The van der Waals surface area contributed by atoms with Crippen LogP contribution in [0, 0.1) is 5.92 Å². The minimum absolute atomic E-state index is 0.101. The van der Waals surface area contributed by atoms with Crippen LogP contribution in [0.2, 0.25) is 0 Å². The summed E-state index contributed by atoms with van der Waals surface area (Å²) in [6.07, 6.45) is 5.57. The maximum Gasteiger partial charge on any atom is 0.230 e. The highest BCUT2D eigenvalue weighted by Gasteiger charge is 2.23. The first-order chi connectivity index (χ1) is 12.7. The monoisotopic (exact) mass is 372 g/mol. The van der Waals surface area contributed by atoms with Crippen LogP contribution < -0.4 is 5.32 Å². The maximum atomic E-state index is 12.3. The summed E-state index contributed by atoms with van der Waals surface area (Å²) in [5, 5.41) is 12.7. The number of carbonyl (C=O) groups excluding carboxylic acids is 1. The Kier molecular flexibility index (Phi) is 6.72. The summed E-state index contributed by atoms with van der Waals surface area (Å²) < 4.78 is 2.11. The fourth-order valence-corrected chi connectivity index (χ4v) is 4.39. The first kappa shape index (κ1) is 19.0. The Hall–Kier alpha value is -1.82. The molecule has 1 saturated carbocycles. The van der Waals surface area contributed by atoms with E-state index in [9.17, 15) is 4.79 Å². The van der Waals surface area contributed by atoms with Gasteiger partial charge in [0.15, 0.2) is 5.16 Å². The Bertz CT molecular complexity index is 716. The van der Waals surface area contributed by atoms with Crippen molar-refractivity contribution in [2.75, 3.05) is 5.75 Å². The van der Waals surface area contributed by atoms with E-state index in [-0.39, 0.29) is 5.91 Å². The van der Waals surface area contributed by atoms with Gasteiger partial charge >= 0.3 is 0 Å². The lowest BCUT2D eigenvalue weighted by atomic mass is 9.86. The van der Waals surface area contributed by atoms with Gasteiger partial charge in [0.2, 0.25) is 5.91 Å². The van der Waals surface area contributed by atoms with Crippen molar-refractivity contribution >= 4 is 17.7 Å². The fourth-order valence-electron chi connectivity index (χ4n) is 3.56. The van der Waals surface area contributed by atoms with Crippen molar-refractivity contribution in [1.29, 1.82) is 0 Å². The van der Waals surface area contributed by atoms with E-state index in [1.165, 1.54) is 36.6 Å². The third kappa shape index (κ3) is 4.87. The lowest BCUT2D eigenvalue weighted by Crippen LogP contribution is -2.41. The molecule has 1 fully saturated rings. The molecular weight excluding hydrogens is 344 g/mol. The summed E-state index contributed by atoms with van der Waals surface area (Å²) in [6.45, 7) is 5.13. The van der Waals surface area contributed by atoms with Crippen LogP contribution >= 0.6 is 11.8 Å². The zero-order valence-electron chi connectivity index (χ0n) is 15.6. The summed E-state index contributed by atoms with van der Waals surface area (Å²) in [5.74, 6) is 2.02. The average molecular weight is 373 g/mol. The molecule has 0 bridgehead atoms. The minimum Gasteiger partial charge on any atom is -0.352 e. The standard InChI is InChI=1S/C20H28N4OS/c1-3-24-18(13-16-10-5-4-6-11-16)22-23-20(24)26-14-19(25)21-17-12-8-7-9-15(17)2/h4-6,10-11,15,17H,3,7-9,12-14H2,1-2H3,(H,21,25)/t15-,17-/m0/s1. The highest BCUT2D eigenvalue weighted by molar-refractivity contribution is 7.99. The quantitative estimate of drug-likeness (QED) is 0.753. The Labute approximate surface area is 160 Å². The van der Waals surface area contributed by atoms with E-state index in [0.29, 0.717) is 17.7 Å². The van der Waals surface area contributed by atoms with Gasteiger partial charge < -0.3 is 9.88 Å². The van der Waals surface area contributed by atoms with E-state index in [2.05, 4.69) is 46.1 Å². The number of hydrogen-bond acceptors (Lipinski definition) is 4. The largest absolute Gasteiger partial charge is 0.352 e. The molecule has 26 heavy (non-hydrogen) atoms. The average Bonchev–Trinajstić information content (AvgIpc) is 3.04. The van der Waals surface area contributed by atoms with E-state index < -0.39 is 0 Å². The van der Waals surface area contributed by atoms with Gasteiger partial charge in [-0.05, 0) is 31.2 Å². The number of carbonyl (C=O) groups is 1. The first-order valence-electron chi connectivity index (χ1n) is 9.55. The summed E-state index contributed by atoms with van der Waals surface area (Å²) in [5.41, 5.74) is 1.22. The maximum absolute atomic E-state index is 12.3. The molecule has 2 aromatic rings. The molecule has 0 saturated heterocycles. The Morgan fingerprint density at radius 1 is 1.23 bits per heavy atom. The molecule has 5 nitrogen and oxygen atoms in total. The van der Waals surface area contributed by atoms with Crippen molar-refractivity contribution in [3.8, 4) is 0 Å². The van der Waals surface area contributed by atoms with Crippen molar-refractivity contribution in [1.82, 2.24) is 20.1 Å². The highest BCUT2D eigenvalue weighted by Crippen LogP contribution is 2.24. The highest BCUT2D eigenvalue weighted by atomic mass is 32.2. The number of nitrogens with zero attached hydrogens (tertiary/aromatic N) is 3. The second kappa shape index (κ2) is 9.21. The molecule has 1 N–H and O–H groups in total. The molecule has 3 rings (SSSR count). The van der Waals surface area contributed by atoms with Gasteiger partial charge in [-0.2, -0.15) is 0 Å². The van der Waals surface area contributed by atoms with Crippen LogP contribution in [0.25, 0.3) is 0 Å². The van der Waals surface area contributed by atoms with Gasteiger partial charge in [-0.25, -0.2) is 0 Å². The predicted octanol–water partition coefficient (Wildman–Crippen LogP) is 3.68. The Balaban J connectivity index is 1.57. The van der Waals surface area contributed by atoms with Crippen LogP contribution in [0.15, 0.2) is 35.5 Å². The molecular formula is C20H28N4OS. The van der Waals surface area contributed by atoms with Crippen LogP contribution in [-0.4, -0.2) is 32.5 Å². The predicted molar refractivity (Wildman–Crippen MR) is 105 cm³/mol. The molecule has 0 unspecified atom stereocenters. The lowest BCUT2D eigenvalue weighted by Gasteiger charge is -2.29. The third-order valence-corrected chi connectivity index (χ3v) is 6.07. The number of nitrogens with one attached hydrogen (secondary N) is 1. The van der Waals surface area contributed by atoms with Crippen LogP contribution in [0.5, 0.6) is 0 Å². The van der Waals surface area contributed by atoms with Gasteiger partial charge in [0.05, 0.1) is 5.75 Å². The number of rotatable bonds is 7. The van der Waals surface area contributed by atoms with E-state index in [0.717, 1.165) is 30.4 Å². The number of amides is 1. The van der Waals surface area contributed by atoms with Gasteiger partial charge in [0.1, 0.15) is 5.82 Å². The van der Waals surface area contributed by atoms with Crippen molar-refractivity contribution in [3.05, 3.63) is 41.7 Å². The smallest absolute Gasteiger partial charge is 0.230 e. The van der Waals surface area contributed by atoms with E-state index in [1.54, 1.807) is 0 Å². The van der Waals surface area contributed by atoms with E-state index in [4.69, 9.17) is 0 Å². The summed E-state index contributed by atoms with van der Waals surface area (Å²) in [7, 11) is 0.